The fourth-order valence-electron chi connectivity index (χ4n) is 1.54. The lowest BCUT2D eigenvalue weighted by atomic mass is 9.68. The minimum absolute atomic E-state index is 0.00305. The Hall–Kier alpha value is -0.570. The summed E-state index contributed by atoms with van der Waals surface area (Å²) in [5.74, 6) is 0.509. The summed E-state index contributed by atoms with van der Waals surface area (Å²) >= 11 is 0. The van der Waals surface area contributed by atoms with E-state index in [1.165, 1.54) is 0 Å². The summed E-state index contributed by atoms with van der Waals surface area (Å²) in [6.45, 7) is 4.83. The minimum atomic E-state index is -0.436. The highest BCUT2D eigenvalue weighted by Crippen LogP contribution is 2.40. The second-order valence-corrected chi connectivity index (χ2v) is 4.40. The first kappa shape index (κ1) is 10.5. The van der Waals surface area contributed by atoms with Gasteiger partial charge in [-0.1, -0.05) is 20.3 Å². The zero-order chi connectivity index (χ0) is 9.90. The van der Waals surface area contributed by atoms with Crippen LogP contribution in [-0.4, -0.2) is 24.2 Å². The molecule has 0 saturated heterocycles. The number of hydrogen-bond acceptors (Lipinski definition) is 2. The van der Waals surface area contributed by atoms with Crippen molar-refractivity contribution in [1.29, 1.82) is 0 Å². The number of amides is 1. The van der Waals surface area contributed by atoms with Crippen LogP contribution in [0.2, 0.25) is 0 Å². The largest absolute Gasteiger partial charge is 0.395 e. The number of hydrogen-bond donors (Lipinski definition) is 2. The van der Waals surface area contributed by atoms with Crippen molar-refractivity contribution in [1.82, 2.24) is 5.32 Å². The zero-order valence-electron chi connectivity index (χ0n) is 8.47. The normalized spacial score (nSPS) is 19.7. The van der Waals surface area contributed by atoms with Crippen molar-refractivity contribution in [3.63, 3.8) is 0 Å². The quantitative estimate of drug-likeness (QED) is 0.684. The second kappa shape index (κ2) is 4.09. The maximum absolute atomic E-state index is 11.6. The van der Waals surface area contributed by atoms with Crippen molar-refractivity contribution in [2.24, 2.45) is 11.3 Å². The zero-order valence-corrected chi connectivity index (χ0v) is 8.47. The van der Waals surface area contributed by atoms with E-state index >= 15 is 0 Å². The van der Waals surface area contributed by atoms with Gasteiger partial charge >= 0.3 is 0 Å². The molecule has 2 N–H and O–H groups in total. The predicted molar refractivity (Wildman–Crippen MR) is 51.2 cm³/mol. The molecule has 0 heterocycles. The molecular weight excluding hydrogens is 166 g/mol. The van der Waals surface area contributed by atoms with E-state index in [1.54, 1.807) is 0 Å². The van der Waals surface area contributed by atoms with E-state index in [-0.39, 0.29) is 12.5 Å². The monoisotopic (exact) mass is 185 g/mol. The Kier molecular flexibility index (Phi) is 3.31. The molecule has 76 valence electrons. The molecule has 0 aromatic rings. The molecule has 0 aromatic carbocycles. The topological polar surface area (TPSA) is 49.3 Å². The van der Waals surface area contributed by atoms with Gasteiger partial charge in [-0.25, -0.2) is 0 Å². The van der Waals surface area contributed by atoms with Crippen LogP contribution in [0.4, 0.5) is 0 Å². The van der Waals surface area contributed by atoms with Crippen LogP contribution in [-0.2, 0) is 4.79 Å². The van der Waals surface area contributed by atoms with Crippen LogP contribution in [0.3, 0.4) is 0 Å². The average Bonchev–Trinajstić information content (AvgIpc) is 2.00. The molecule has 0 atom stereocenters. The fourth-order valence-corrected chi connectivity index (χ4v) is 1.54. The van der Waals surface area contributed by atoms with Gasteiger partial charge < -0.3 is 10.4 Å². The lowest BCUT2D eigenvalue weighted by molar-refractivity contribution is -0.139. The Morgan fingerprint density at radius 2 is 2.15 bits per heavy atom. The Morgan fingerprint density at radius 1 is 1.54 bits per heavy atom. The van der Waals surface area contributed by atoms with Crippen LogP contribution in [0, 0.1) is 11.3 Å². The Labute approximate surface area is 79.5 Å². The van der Waals surface area contributed by atoms with E-state index in [9.17, 15) is 4.79 Å². The summed E-state index contributed by atoms with van der Waals surface area (Å²) in [5.41, 5.74) is -0.436. The van der Waals surface area contributed by atoms with Crippen molar-refractivity contribution in [2.45, 2.75) is 33.1 Å². The van der Waals surface area contributed by atoms with Gasteiger partial charge in [0.05, 0.1) is 12.0 Å². The predicted octanol–water partition coefficient (Wildman–Crippen LogP) is 0.921. The molecule has 13 heavy (non-hydrogen) atoms. The highest BCUT2D eigenvalue weighted by atomic mass is 16.3. The first-order chi connectivity index (χ1) is 6.10. The SMILES string of the molecule is CC(C)CNC(=O)C1(CO)CCC1. The van der Waals surface area contributed by atoms with E-state index < -0.39 is 5.41 Å². The molecule has 1 amide bonds. The first-order valence-corrected chi connectivity index (χ1v) is 5.00. The number of nitrogens with one attached hydrogen (secondary N) is 1. The van der Waals surface area contributed by atoms with E-state index in [0.717, 1.165) is 19.3 Å². The maximum Gasteiger partial charge on any atom is 0.228 e. The third kappa shape index (κ3) is 2.21. The molecule has 0 aliphatic heterocycles. The Morgan fingerprint density at radius 3 is 2.46 bits per heavy atom. The van der Waals surface area contributed by atoms with Gasteiger partial charge in [0, 0.05) is 6.54 Å². The highest BCUT2D eigenvalue weighted by molar-refractivity contribution is 5.83. The summed E-state index contributed by atoms with van der Waals surface area (Å²) in [6.07, 6.45) is 2.75. The lowest BCUT2D eigenvalue weighted by Gasteiger charge is -2.38. The lowest BCUT2D eigenvalue weighted by Crippen LogP contribution is -2.48. The number of aliphatic hydroxyl groups is 1. The first-order valence-electron chi connectivity index (χ1n) is 5.00. The molecule has 0 bridgehead atoms. The van der Waals surface area contributed by atoms with Gasteiger partial charge in [-0.15, -0.1) is 0 Å². The van der Waals surface area contributed by atoms with Gasteiger partial charge in [0.25, 0.3) is 0 Å². The highest BCUT2D eigenvalue weighted by Gasteiger charge is 2.43. The van der Waals surface area contributed by atoms with E-state index in [2.05, 4.69) is 19.2 Å². The third-order valence-electron chi connectivity index (χ3n) is 2.77. The van der Waals surface area contributed by atoms with Gasteiger partial charge in [0.15, 0.2) is 0 Å². The molecule has 0 radical (unpaired) electrons. The number of aliphatic hydroxyl groups excluding tert-OH is 1. The smallest absolute Gasteiger partial charge is 0.228 e. The van der Waals surface area contributed by atoms with Gasteiger partial charge in [-0.2, -0.15) is 0 Å². The van der Waals surface area contributed by atoms with Gasteiger partial charge in [0.1, 0.15) is 0 Å². The van der Waals surface area contributed by atoms with E-state index in [1.807, 2.05) is 0 Å². The van der Waals surface area contributed by atoms with Crippen molar-refractivity contribution in [2.75, 3.05) is 13.2 Å². The van der Waals surface area contributed by atoms with Gasteiger partial charge in [0.2, 0.25) is 5.91 Å². The van der Waals surface area contributed by atoms with Crippen molar-refractivity contribution in [3.8, 4) is 0 Å². The van der Waals surface area contributed by atoms with Crippen molar-refractivity contribution < 1.29 is 9.90 Å². The van der Waals surface area contributed by atoms with Crippen molar-refractivity contribution in [3.05, 3.63) is 0 Å². The number of carbonyl (C=O) groups excluding carboxylic acids is 1. The van der Waals surface area contributed by atoms with Gasteiger partial charge in [-0.05, 0) is 18.8 Å². The molecule has 0 unspecified atom stereocenters. The number of carbonyl (C=O) groups is 1. The molecule has 0 aromatic heterocycles. The Balaban J connectivity index is 2.37. The molecule has 1 rings (SSSR count). The van der Waals surface area contributed by atoms with E-state index in [0.29, 0.717) is 12.5 Å². The molecule has 1 aliphatic rings. The van der Waals surface area contributed by atoms with Crippen LogP contribution >= 0.6 is 0 Å². The molecule has 1 saturated carbocycles. The summed E-state index contributed by atoms with van der Waals surface area (Å²) in [6, 6.07) is 0. The van der Waals surface area contributed by atoms with Crippen LogP contribution in [0.1, 0.15) is 33.1 Å². The van der Waals surface area contributed by atoms with Crippen molar-refractivity contribution >= 4 is 5.91 Å². The molecule has 1 fully saturated rings. The standard InChI is InChI=1S/C10H19NO2/c1-8(2)6-11-9(13)10(7-12)4-3-5-10/h8,12H,3-7H2,1-2H3,(H,11,13). The fraction of sp³-hybridized carbons (Fsp3) is 0.900. The minimum Gasteiger partial charge on any atom is -0.395 e. The maximum atomic E-state index is 11.6. The molecule has 1 aliphatic carbocycles. The number of rotatable bonds is 4. The van der Waals surface area contributed by atoms with Crippen LogP contribution in [0.25, 0.3) is 0 Å². The summed E-state index contributed by atoms with van der Waals surface area (Å²) < 4.78 is 0. The van der Waals surface area contributed by atoms with Gasteiger partial charge in [-0.3, -0.25) is 4.79 Å². The average molecular weight is 185 g/mol. The third-order valence-corrected chi connectivity index (χ3v) is 2.77. The van der Waals surface area contributed by atoms with Crippen LogP contribution in [0.5, 0.6) is 0 Å². The van der Waals surface area contributed by atoms with Crippen LogP contribution < -0.4 is 5.32 Å². The van der Waals surface area contributed by atoms with Crippen LogP contribution in [0.15, 0.2) is 0 Å². The summed E-state index contributed by atoms with van der Waals surface area (Å²) in [5, 5.41) is 12.0. The van der Waals surface area contributed by atoms with E-state index in [4.69, 9.17) is 5.11 Å². The summed E-state index contributed by atoms with van der Waals surface area (Å²) in [7, 11) is 0. The molecule has 3 heteroatoms. The molecule has 3 nitrogen and oxygen atoms in total. The summed E-state index contributed by atoms with van der Waals surface area (Å²) in [4.78, 5) is 11.6. The molecular formula is C10H19NO2. The second-order valence-electron chi connectivity index (χ2n) is 4.40. The Bertz CT molecular complexity index is 180. The molecule has 0 spiro atoms.